The lowest BCUT2D eigenvalue weighted by atomic mass is 10.1. The fourth-order valence-electron chi connectivity index (χ4n) is 1.64. The Kier molecular flexibility index (Phi) is 3.33. The van der Waals surface area contributed by atoms with Gasteiger partial charge in [-0.25, -0.2) is 0 Å². The minimum absolute atomic E-state index is 0.203. The van der Waals surface area contributed by atoms with Gasteiger partial charge in [0.1, 0.15) is 0 Å². The zero-order chi connectivity index (χ0) is 12.3. The van der Waals surface area contributed by atoms with Gasteiger partial charge < -0.3 is 9.64 Å². The largest absolute Gasteiger partial charge is 0.378 e. The molecule has 0 bridgehead atoms. The number of rotatable bonds is 2. The summed E-state index contributed by atoms with van der Waals surface area (Å²) >= 11 is 0. The van der Waals surface area contributed by atoms with Gasteiger partial charge in [0.15, 0.2) is 0 Å². The van der Waals surface area contributed by atoms with Crippen molar-refractivity contribution in [1.29, 1.82) is 0 Å². The molecule has 4 nitrogen and oxygen atoms in total. The molecule has 0 saturated carbocycles. The second-order valence-electron chi connectivity index (χ2n) is 3.72. The molecule has 0 spiro atoms. The fraction of sp³-hybridized carbons (Fsp3) is 0.455. The molecule has 1 aliphatic rings. The minimum Gasteiger partial charge on any atom is -0.378 e. The molecule has 1 amide bonds. The highest BCUT2D eigenvalue weighted by Crippen LogP contribution is 2.29. The van der Waals surface area contributed by atoms with Crippen molar-refractivity contribution < 1.29 is 18.3 Å². The number of pyridine rings is 1. The average molecular weight is 242 g/mol. The Hall–Kier alpha value is -1.56. The van der Waals surface area contributed by atoms with Crippen molar-refractivity contribution in [3.63, 3.8) is 0 Å². The standard InChI is InChI=1S/C11H12F2N2O2/c12-11(13,9-2-1-3-14-8-9)10(16)15-4-6-17-7-5-15/h1-3,8H,4-7H2. The lowest BCUT2D eigenvalue weighted by molar-refractivity contribution is -0.163. The van der Waals surface area contributed by atoms with Gasteiger partial charge in [-0.15, -0.1) is 0 Å². The Morgan fingerprint density at radius 2 is 2.12 bits per heavy atom. The van der Waals surface area contributed by atoms with Gasteiger partial charge in [-0.1, -0.05) is 0 Å². The van der Waals surface area contributed by atoms with Crippen LogP contribution in [0, 0.1) is 0 Å². The number of aromatic nitrogens is 1. The van der Waals surface area contributed by atoms with Crippen molar-refractivity contribution in [1.82, 2.24) is 9.88 Å². The highest BCUT2D eigenvalue weighted by molar-refractivity contribution is 5.84. The van der Waals surface area contributed by atoms with Crippen LogP contribution in [0.2, 0.25) is 0 Å². The van der Waals surface area contributed by atoms with Gasteiger partial charge in [0.05, 0.1) is 13.2 Å². The van der Waals surface area contributed by atoms with Gasteiger partial charge >= 0.3 is 5.92 Å². The van der Waals surface area contributed by atoms with Crippen molar-refractivity contribution in [3.8, 4) is 0 Å². The van der Waals surface area contributed by atoms with Gasteiger partial charge in [0, 0.05) is 31.0 Å². The molecule has 0 unspecified atom stereocenters. The molecular weight excluding hydrogens is 230 g/mol. The third kappa shape index (κ3) is 2.41. The van der Waals surface area contributed by atoms with Gasteiger partial charge in [-0.2, -0.15) is 8.78 Å². The van der Waals surface area contributed by atoms with E-state index in [9.17, 15) is 13.6 Å². The summed E-state index contributed by atoms with van der Waals surface area (Å²) in [5.74, 6) is -4.71. The summed E-state index contributed by atoms with van der Waals surface area (Å²) in [4.78, 5) is 16.4. The van der Waals surface area contributed by atoms with E-state index in [0.29, 0.717) is 13.2 Å². The van der Waals surface area contributed by atoms with E-state index in [1.807, 2.05) is 0 Å². The van der Waals surface area contributed by atoms with Crippen molar-refractivity contribution >= 4 is 5.91 Å². The predicted molar refractivity (Wildman–Crippen MR) is 55.5 cm³/mol. The van der Waals surface area contributed by atoms with E-state index in [2.05, 4.69) is 4.98 Å². The molecule has 1 aliphatic heterocycles. The molecule has 92 valence electrons. The second kappa shape index (κ2) is 4.75. The van der Waals surface area contributed by atoms with E-state index in [-0.39, 0.29) is 18.7 Å². The maximum absolute atomic E-state index is 13.9. The molecule has 0 aromatic carbocycles. The zero-order valence-electron chi connectivity index (χ0n) is 9.10. The lowest BCUT2D eigenvalue weighted by Crippen LogP contribution is -2.47. The third-order valence-electron chi connectivity index (χ3n) is 2.59. The number of carbonyl (C=O) groups is 1. The molecule has 1 saturated heterocycles. The Balaban J connectivity index is 2.17. The molecule has 0 aliphatic carbocycles. The Morgan fingerprint density at radius 1 is 1.41 bits per heavy atom. The quantitative estimate of drug-likeness (QED) is 0.778. The number of amides is 1. The number of halogens is 2. The maximum atomic E-state index is 13.9. The number of hydrogen-bond acceptors (Lipinski definition) is 3. The minimum atomic E-state index is -3.52. The van der Waals surface area contributed by atoms with E-state index in [0.717, 1.165) is 11.1 Å². The van der Waals surface area contributed by atoms with Crippen LogP contribution in [0.3, 0.4) is 0 Å². The van der Waals surface area contributed by atoms with Gasteiger partial charge in [0.25, 0.3) is 5.91 Å². The molecule has 6 heteroatoms. The topological polar surface area (TPSA) is 42.4 Å². The van der Waals surface area contributed by atoms with Crippen LogP contribution in [0.4, 0.5) is 8.78 Å². The van der Waals surface area contributed by atoms with Crippen LogP contribution in [0.5, 0.6) is 0 Å². The zero-order valence-corrected chi connectivity index (χ0v) is 9.10. The van der Waals surface area contributed by atoms with Crippen LogP contribution in [0.1, 0.15) is 5.56 Å². The van der Waals surface area contributed by atoms with Crippen molar-refractivity contribution in [2.45, 2.75) is 5.92 Å². The molecular formula is C11H12F2N2O2. The van der Waals surface area contributed by atoms with E-state index < -0.39 is 11.8 Å². The highest BCUT2D eigenvalue weighted by atomic mass is 19.3. The van der Waals surface area contributed by atoms with Gasteiger partial charge in [-0.05, 0) is 12.1 Å². The Bertz CT molecular complexity index is 392. The smallest absolute Gasteiger partial charge is 0.351 e. The summed E-state index contributed by atoms with van der Waals surface area (Å²) in [5, 5.41) is 0. The van der Waals surface area contributed by atoms with Crippen LogP contribution >= 0.6 is 0 Å². The van der Waals surface area contributed by atoms with Crippen LogP contribution in [-0.4, -0.2) is 42.1 Å². The number of carbonyl (C=O) groups excluding carboxylic acids is 1. The monoisotopic (exact) mass is 242 g/mol. The molecule has 1 fully saturated rings. The van der Waals surface area contributed by atoms with E-state index >= 15 is 0 Å². The molecule has 17 heavy (non-hydrogen) atoms. The van der Waals surface area contributed by atoms with Crippen molar-refractivity contribution in [3.05, 3.63) is 30.1 Å². The summed E-state index contributed by atoms with van der Waals surface area (Å²) in [6.45, 7) is 1.01. The average Bonchev–Trinajstić information content (AvgIpc) is 2.40. The number of ether oxygens (including phenoxy) is 1. The van der Waals surface area contributed by atoms with Gasteiger partial charge in [-0.3, -0.25) is 9.78 Å². The summed E-state index contributed by atoms with van der Waals surface area (Å²) in [6, 6.07) is 2.58. The first-order valence-corrected chi connectivity index (χ1v) is 5.28. The van der Waals surface area contributed by atoms with Crippen LogP contribution in [0.25, 0.3) is 0 Å². The summed E-state index contributed by atoms with van der Waals surface area (Å²) < 4.78 is 32.7. The normalized spacial score (nSPS) is 16.9. The summed E-state index contributed by atoms with van der Waals surface area (Å²) in [5.41, 5.74) is -0.378. The van der Waals surface area contributed by atoms with E-state index in [1.54, 1.807) is 0 Å². The maximum Gasteiger partial charge on any atom is 0.351 e. The number of nitrogens with zero attached hydrogens (tertiary/aromatic N) is 2. The van der Waals surface area contributed by atoms with Crippen molar-refractivity contribution in [2.75, 3.05) is 26.3 Å². The molecule has 0 radical (unpaired) electrons. The van der Waals surface area contributed by atoms with Crippen LogP contribution < -0.4 is 0 Å². The number of alkyl halides is 2. The summed E-state index contributed by atoms with van der Waals surface area (Å²) in [6.07, 6.45) is 2.40. The Labute approximate surface area is 97.2 Å². The molecule has 0 N–H and O–H groups in total. The van der Waals surface area contributed by atoms with Gasteiger partial charge in [0.2, 0.25) is 0 Å². The third-order valence-corrected chi connectivity index (χ3v) is 2.59. The molecule has 2 rings (SSSR count). The van der Waals surface area contributed by atoms with Crippen LogP contribution in [0.15, 0.2) is 24.5 Å². The second-order valence-corrected chi connectivity index (χ2v) is 3.72. The first-order valence-electron chi connectivity index (χ1n) is 5.28. The molecule has 0 atom stereocenters. The first kappa shape index (κ1) is 11.9. The fourth-order valence-corrected chi connectivity index (χ4v) is 1.64. The predicted octanol–water partition coefficient (Wildman–Crippen LogP) is 1.03. The molecule has 2 heterocycles. The van der Waals surface area contributed by atoms with E-state index in [1.165, 1.54) is 18.3 Å². The first-order chi connectivity index (χ1) is 8.12. The van der Waals surface area contributed by atoms with Crippen molar-refractivity contribution in [2.24, 2.45) is 0 Å². The number of morpholine rings is 1. The lowest BCUT2D eigenvalue weighted by Gasteiger charge is -2.30. The SMILES string of the molecule is O=C(N1CCOCC1)C(F)(F)c1cccnc1. The Morgan fingerprint density at radius 3 is 2.71 bits per heavy atom. The molecule has 1 aromatic heterocycles. The van der Waals surface area contributed by atoms with E-state index in [4.69, 9.17) is 4.74 Å². The molecule has 1 aromatic rings. The summed E-state index contributed by atoms with van der Waals surface area (Å²) in [7, 11) is 0. The van der Waals surface area contributed by atoms with Crippen LogP contribution in [-0.2, 0) is 15.5 Å². The number of hydrogen-bond donors (Lipinski definition) is 0. The highest BCUT2D eigenvalue weighted by Gasteiger charge is 2.44.